The zero-order valence-electron chi connectivity index (χ0n) is 11.4. The molecule has 3 rings (SSSR count). The van der Waals surface area contributed by atoms with Crippen LogP contribution in [0.1, 0.15) is 4.88 Å². The molecule has 0 aliphatic heterocycles. The Bertz CT molecular complexity index is 722. The van der Waals surface area contributed by atoms with E-state index < -0.39 is 0 Å². The van der Waals surface area contributed by atoms with Crippen LogP contribution < -0.4 is 10.1 Å². The lowest BCUT2D eigenvalue weighted by atomic mass is 10.2. The van der Waals surface area contributed by atoms with E-state index in [9.17, 15) is 0 Å². The molecule has 108 valence electrons. The van der Waals surface area contributed by atoms with E-state index in [1.807, 2.05) is 18.2 Å². The van der Waals surface area contributed by atoms with Crippen LogP contribution in [0.15, 0.2) is 51.6 Å². The van der Waals surface area contributed by atoms with E-state index >= 15 is 0 Å². The Morgan fingerprint density at radius 3 is 2.86 bits per heavy atom. The number of hydrogen-bond donors (Lipinski definition) is 1. The van der Waals surface area contributed by atoms with Gasteiger partial charge in [0.15, 0.2) is 0 Å². The van der Waals surface area contributed by atoms with Crippen molar-refractivity contribution >= 4 is 44.3 Å². The molecule has 1 N–H and O–H groups in total. The molecule has 0 atom stereocenters. The topological polar surface area (TPSA) is 21.3 Å². The zero-order chi connectivity index (χ0) is 14.7. The van der Waals surface area contributed by atoms with Crippen LogP contribution in [-0.2, 0) is 6.54 Å². The van der Waals surface area contributed by atoms with E-state index in [0.29, 0.717) is 0 Å². The summed E-state index contributed by atoms with van der Waals surface area (Å²) in [6, 6.07) is 12.4. The number of rotatable bonds is 5. The van der Waals surface area contributed by atoms with Gasteiger partial charge in [-0.25, -0.2) is 0 Å². The summed E-state index contributed by atoms with van der Waals surface area (Å²) in [6.45, 7) is 0.807. The van der Waals surface area contributed by atoms with Crippen LogP contribution in [-0.4, -0.2) is 7.11 Å². The Labute approximate surface area is 140 Å². The first-order valence-corrected chi connectivity index (χ1v) is 9.00. The molecule has 2 nitrogen and oxygen atoms in total. The summed E-state index contributed by atoms with van der Waals surface area (Å²) >= 11 is 7.11. The quantitative estimate of drug-likeness (QED) is 0.599. The van der Waals surface area contributed by atoms with E-state index in [2.05, 4.69) is 50.2 Å². The van der Waals surface area contributed by atoms with Crippen molar-refractivity contribution in [2.45, 2.75) is 6.54 Å². The maximum absolute atomic E-state index is 5.26. The van der Waals surface area contributed by atoms with Crippen molar-refractivity contribution in [2.75, 3.05) is 12.4 Å². The average Bonchev–Trinajstić information content (AvgIpc) is 3.17. The fraction of sp³-hybridized carbons (Fsp3) is 0.125. The molecule has 0 saturated heterocycles. The third-order valence-electron chi connectivity index (χ3n) is 3.09. The minimum Gasteiger partial charge on any atom is -0.497 e. The summed E-state index contributed by atoms with van der Waals surface area (Å²) < 4.78 is 6.30. The SMILES string of the molecule is COc1ccc(Br)c(NCc2cc(-c3cccs3)cs2)c1. The van der Waals surface area contributed by atoms with Crippen LogP contribution in [0, 0.1) is 0 Å². The summed E-state index contributed by atoms with van der Waals surface area (Å²) in [7, 11) is 1.68. The maximum atomic E-state index is 5.26. The largest absolute Gasteiger partial charge is 0.497 e. The molecule has 0 unspecified atom stereocenters. The Balaban J connectivity index is 1.71. The van der Waals surface area contributed by atoms with Gasteiger partial charge in [-0.15, -0.1) is 22.7 Å². The van der Waals surface area contributed by atoms with Crippen molar-refractivity contribution in [2.24, 2.45) is 0 Å². The smallest absolute Gasteiger partial charge is 0.121 e. The van der Waals surface area contributed by atoms with Crippen LogP contribution in [0.3, 0.4) is 0 Å². The predicted molar refractivity (Wildman–Crippen MR) is 95.7 cm³/mol. The van der Waals surface area contributed by atoms with E-state index in [0.717, 1.165) is 22.5 Å². The van der Waals surface area contributed by atoms with Gasteiger partial charge in [0, 0.05) is 32.4 Å². The minimum absolute atomic E-state index is 0.807. The van der Waals surface area contributed by atoms with Gasteiger partial charge >= 0.3 is 0 Å². The maximum Gasteiger partial charge on any atom is 0.121 e. The molecular weight excluding hydrogens is 366 g/mol. The van der Waals surface area contributed by atoms with Crippen LogP contribution in [0.25, 0.3) is 10.4 Å². The number of thiophene rings is 2. The van der Waals surface area contributed by atoms with E-state index in [-0.39, 0.29) is 0 Å². The lowest BCUT2D eigenvalue weighted by molar-refractivity contribution is 0.415. The second-order valence-electron chi connectivity index (χ2n) is 4.48. The van der Waals surface area contributed by atoms with Crippen molar-refractivity contribution < 1.29 is 4.74 Å². The summed E-state index contributed by atoms with van der Waals surface area (Å²) in [5.41, 5.74) is 2.34. The number of methoxy groups -OCH3 is 1. The monoisotopic (exact) mass is 379 g/mol. The molecule has 0 fully saturated rings. The number of nitrogens with one attached hydrogen (secondary N) is 1. The highest BCUT2D eigenvalue weighted by molar-refractivity contribution is 9.10. The number of halogens is 1. The molecule has 2 aromatic heterocycles. The normalized spacial score (nSPS) is 10.6. The van der Waals surface area contributed by atoms with Crippen LogP contribution >= 0.6 is 38.6 Å². The third-order valence-corrected chi connectivity index (χ3v) is 5.63. The highest BCUT2D eigenvalue weighted by Gasteiger charge is 2.05. The Morgan fingerprint density at radius 2 is 2.10 bits per heavy atom. The number of benzene rings is 1. The zero-order valence-corrected chi connectivity index (χ0v) is 14.6. The van der Waals surface area contributed by atoms with Gasteiger partial charge < -0.3 is 10.1 Å². The molecule has 3 aromatic rings. The van der Waals surface area contributed by atoms with Crippen LogP contribution in [0.5, 0.6) is 5.75 Å². The third kappa shape index (κ3) is 3.48. The highest BCUT2D eigenvalue weighted by atomic mass is 79.9. The minimum atomic E-state index is 0.807. The van der Waals surface area contributed by atoms with Gasteiger partial charge in [-0.05, 0) is 51.0 Å². The molecule has 0 aliphatic carbocycles. The fourth-order valence-corrected chi connectivity index (χ4v) is 3.99. The van der Waals surface area contributed by atoms with Crippen molar-refractivity contribution in [3.63, 3.8) is 0 Å². The van der Waals surface area contributed by atoms with Gasteiger partial charge in [-0.2, -0.15) is 0 Å². The van der Waals surface area contributed by atoms with Crippen LogP contribution in [0.2, 0.25) is 0 Å². The molecule has 0 bridgehead atoms. The average molecular weight is 380 g/mol. The molecule has 0 aliphatic rings. The second-order valence-corrected chi connectivity index (χ2v) is 7.28. The van der Waals surface area contributed by atoms with Gasteiger partial charge in [0.2, 0.25) is 0 Å². The lowest BCUT2D eigenvalue weighted by Crippen LogP contribution is -1.98. The lowest BCUT2D eigenvalue weighted by Gasteiger charge is -2.09. The van der Waals surface area contributed by atoms with E-state index in [1.54, 1.807) is 29.8 Å². The van der Waals surface area contributed by atoms with Crippen LogP contribution in [0.4, 0.5) is 5.69 Å². The molecule has 0 radical (unpaired) electrons. The first-order valence-electron chi connectivity index (χ1n) is 6.45. The van der Waals surface area contributed by atoms with Crippen molar-refractivity contribution in [3.05, 3.63) is 56.5 Å². The highest BCUT2D eigenvalue weighted by Crippen LogP contribution is 2.31. The summed E-state index contributed by atoms with van der Waals surface area (Å²) in [6.07, 6.45) is 0. The summed E-state index contributed by atoms with van der Waals surface area (Å²) in [5.74, 6) is 0.853. The Morgan fingerprint density at radius 1 is 1.19 bits per heavy atom. The number of anilines is 1. The molecule has 21 heavy (non-hydrogen) atoms. The molecule has 0 amide bonds. The van der Waals surface area contributed by atoms with Crippen molar-refractivity contribution in [1.29, 1.82) is 0 Å². The Kier molecular flexibility index (Phi) is 4.63. The first kappa shape index (κ1) is 14.6. The van der Waals surface area contributed by atoms with E-state index in [1.165, 1.54) is 15.3 Å². The molecule has 0 spiro atoms. The van der Waals surface area contributed by atoms with Crippen molar-refractivity contribution in [1.82, 2.24) is 0 Å². The molecule has 5 heteroatoms. The molecular formula is C16H14BrNOS2. The standard InChI is InChI=1S/C16H14BrNOS2/c1-19-12-4-5-14(17)15(8-12)18-9-13-7-11(10-21-13)16-3-2-6-20-16/h2-8,10,18H,9H2,1H3. The van der Waals surface area contributed by atoms with Gasteiger partial charge in [0.1, 0.15) is 5.75 Å². The van der Waals surface area contributed by atoms with Gasteiger partial charge in [0.25, 0.3) is 0 Å². The molecule has 2 heterocycles. The summed E-state index contributed by atoms with van der Waals surface area (Å²) in [4.78, 5) is 2.63. The first-order chi connectivity index (χ1) is 10.3. The second kappa shape index (κ2) is 6.64. The molecule has 1 aromatic carbocycles. The van der Waals surface area contributed by atoms with Gasteiger partial charge in [-0.3, -0.25) is 0 Å². The van der Waals surface area contributed by atoms with E-state index in [4.69, 9.17) is 4.74 Å². The number of hydrogen-bond acceptors (Lipinski definition) is 4. The van der Waals surface area contributed by atoms with Crippen molar-refractivity contribution in [3.8, 4) is 16.2 Å². The molecule has 0 saturated carbocycles. The Hall–Kier alpha value is -1.30. The van der Waals surface area contributed by atoms with Gasteiger partial charge in [-0.1, -0.05) is 6.07 Å². The predicted octanol–water partition coefficient (Wildman–Crippen LogP) is 5.86. The number of ether oxygens (including phenoxy) is 1. The van der Waals surface area contributed by atoms with Gasteiger partial charge in [0.05, 0.1) is 12.8 Å². The fourth-order valence-electron chi connectivity index (χ4n) is 1.99. The summed E-state index contributed by atoms with van der Waals surface area (Å²) in [5, 5.41) is 7.77.